The van der Waals surface area contributed by atoms with Gasteiger partial charge in [0.15, 0.2) is 0 Å². The molecule has 3 unspecified atom stereocenters. The summed E-state index contributed by atoms with van der Waals surface area (Å²) < 4.78 is 30.4. The number of esters is 1. The van der Waals surface area contributed by atoms with Crippen LogP contribution in [0.15, 0.2) is 97.2 Å². The maximum Gasteiger partial charge on any atom is 0.472 e. The first-order valence-electron chi connectivity index (χ1n) is 25.6. The van der Waals surface area contributed by atoms with E-state index in [9.17, 15) is 19.0 Å². The van der Waals surface area contributed by atoms with Gasteiger partial charge in [0.05, 0.1) is 33.8 Å². The van der Waals surface area contributed by atoms with Crippen LogP contribution in [-0.2, 0) is 27.9 Å². The molecule has 0 aromatic carbocycles. The minimum absolute atomic E-state index is 0.0246. The van der Waals surface area contributed by atoms with Gasteiger partial charge in [0.25, 0.3) is 0 Å². The van der Waals surface area contributed by atoms with Crippen LogP contribution in [0.1, 0.15) is 188 Å². The molecule has 0 aliphatic carbocycles. The third-order valence-corrected chi connectivity index (χ3v) is 11.7. The van der Waals surface area contributed by atoms with E-state index in [4.69, 9.17) is 13.8 Å². The number of quaternary nitrogens is 1. The first kappa shape index (κ1) is 61.9. The lowest BCUT2D eigenvalue weighted by Gasteiger charge is -2.27. The van der Waals surface area contributed by atoms with E-state index < -0.39 is 20.0 Å². The van der Waals surface area contributed by atoms with Crippen LogP contribution in [0.4, 0.5) is 0 Å². The van der Waals surface area contributed by atoms with Crippen molar-refractivity contribution in [3.63, 3.8) is 0 Å². The van der Waals surface area contributed by atoms with E-state index in [1.165, 1.54) is 57.8 Å². The Balaban J connectivity index is 5.53. The predicted octanol–water partition coefficient (Wildman–Crippen LogP) is 14.9. The third kappa shape index (κ3) is 45.9. The zero-order valence-corrected chi connectivity index (χ0v) is 43.1. The van der Waals surface area contributed by atoms with Gasteiger partial charge < -0.3 is 19.4 Å². The van der Waals surface area contributed by atoms with Crippen molar-refractivity contribution in [1.82, 2.24) is 5.32 Å². The lowest BCUT2D eigenvalue weighted by atomic mass is 10.1. The Kier molecular flexibility index (Phi) is 42.6. The molecule has 0 spiro atoms. The van der Waals surface area contributed by atoms with Gasteiger partial charge in [-0.15, -0.1) is 0 Å². The monoisotopic (exact) mass is 928 g/mol. The molecule has 0 heterocycles. The zero-order valence-electron chi connectivity index (χ0n) is 42.2. The van der Waals surface area contributed by atoms with Crippen molar-refractivity contribution in [1.29, 1.82) is 0 Å². The van der Waals surface area contributed by atoms with Gasteiger partial charge >= 0.3 is 13.8 Å². The third-order valence-electron chi connectivity index (χ3n) is 10.7. The van der Waals surface area contributed by atoms with Crippen molar-refractivity contribution in [2.75, 3.05) is 40.9 Å². The van der Waals surface area contributed by atoms with Crippen LogP contribution in [0, 0.1) is 0 Å². The number of ether oxygens (including phenoxy) is 1. The lowest BCUT2D eigenvalue weighted by molar-refractivity contribution is -0.870. The van der Waals surface area contributed by atoms with Crippen LogP contribution in [0.2, 0.25) is 0 Å². The molecule has 1 amide bonds. The number of hydrogen-bond acceptors (Lipinski definition) is 6. The Labute approximate surface area is 398 Å². The normalized spacial score (nSPS) is 14.8. The van der Waals surface area contributed by atoms with Gasteiger partial charge in [-0.05, 0) is 70.3 Å². The number of carbonyl (C=O) groups excluding carboxylic acids is 2. The van der Waals surface area contributed by atoms with Crippen molar-refractivity contribution in [3.8, 4) is 0 Å². The molecule has 0 fully saturated rings. The molecule has 0 aliphatic heterocycles. The van der Waals surface area contributed by atoms with Crippen LogP contribution < -0.4 is 5.32 Å². The van der Waals surface area contributed by atoms with Gasteiger partial charge in [-0.1, -0.05) is 202 Å². The molecule has 65 heavy (non-hydrogen) atoms. The maximum atomic E-state index is 13.4. The molecule has 0 radical (unpaired) electrons. The first-order chi connectivity index (χ1) is 31.4. The summed E-state index contributed by atoms with van der Waals surface area (Å²) in [7, 11) is 1.44. The number of nitrogens with zero attached hydrogens (tertiary/aromatic N) is 1. The van der Waals surface area contributed by atoms with E-state index in [1.807, 2.05) is 94.1 Å². The number of allylic oxidation sites excluding steroid dienone is 15. The molecule has 0 saturated heterocycles. The van der Waals surface area contributed by atoms with E-state index in [-0.39, 0.29) is 37.9 Å². The van der Waals surface area contributed by atoms with Crippen LogP contribution in [-0.4, -0.2) is 74.3 Å². The average Bonchev–Trinajstić information content (AvgIpc) is 3.26. The summed E-state index contributed by atoms with van der Waals surface area (Å²) >= 11 is 0. The van der Waals surface area contributed by atoms with Crippen LogP contribution in [0.3, 0.4) is 0 Å². The predicted molar refractivity (Wildman–Crippen MR) is 277 cm³/mol. The molecule has 9 nitrogen and oxygen atoms in total. The SMILES string of the molecule is CC\C=C/C=C/C=C/C=C\C=C\C=C\CCCCCC(=O)NC(COP(=O)(O)OCC[N+](C)(C)C)C(/C=C\CCCCCCCCCCC)OC(=O)CCCCCCC/C=C\CCCC. The molecular weight excluding hydrogens is 832 g/mol. The number of hydrogen-bond donors (Lipinski definition) is 2. The Bertz CT molecular complexity index is 1440. The summed E-state index contributed by atoms with van der Waals surface area (Å²) in [6, 6.07) is -0.877. The fourth-order valence-electron chi connectivity index (χ4n) is 6.66. The first-order valence-corrected chi connectivity index (χ1v) is 27.1. The Hall–Kier alpha value is -3.07. The van der Waals surface area contributed by atoms with Crippen LogP contribution >= 0.6 is 7.82 Å². The number of likely N-dealkylation sites (N-methyl/N-ethyl adjacent to an activating group) is 1. The molecule has 0 aromatic heterocycles. The second kappa shape index (κ2) is 44.7. The van der Waals surface area contributed by atoms with Crippen LogP contribution in [0.5, 0.6) is 0 Å². The van der Waals surface area contributed by atoms with Crippen molar-refractivity contribution < 1.29 is 37.3 Å². The van der Waals surface area contributed by atoms with Crippen molar-refractivity contribution in [2.45, 2.75) is 200 Å². The summed E-state index contributed by atoms with van der Waals surface area (Å²) in [6.45, 7) is 6.74. The molecule has 3 atom stereocenters. The van der Waals surface area contributed by atoms with E-state index in [0.29, 0.717) is 17.4 Å². The van der Waals surface area contributed by atoms with Gasteiger partial charge in [-0.25, -0.2) is 4.57 Å². The van der Waals surface area contributed by atoms with Gasteiger partial charge in [-0.3, -0.25) is 18.6 Å². The Morgan fingerprint density at radius 3 is 1.58 bits per heavy atom. The summed E-state index contributed by atoms with van der Waals surface area (Å²) in [4.78, 5) is 37.3. The molecule has 10 heteroatoms. The number of carbonyl (C=O) groups is 2. The smallest absolute Gasteiger partial charge is 0.456 e. The van der Waals surface area contributed by atoms with E-state index in [2.05, 4.69) is 50.4 Å². The molecule has 0 saturated carbocycles. The number of phosphoric acid groups is 1. The summed E-state index contributed by atoms with van der Waals surface area (Å²) in [6.07, 6.45) is 58.3. The standard InChI is InChI=1S/C55H95N2O7P/c1-7-10-13-16-19-22-25-26-27-28-29-30-33-35-38-41-44-47-54(58)56-52(51-63-65(60,61)62-50-49-57(4,5)6)53(46-43-40-37-34-31-23-20-17-14-11-8-2)64-55(59)48-45-42-39-36-32-24-21-18-15-12-9-3/h10,13,16,18-19,21-22,25-30,33,43,46,52-53H,7-9,11-12,14-15,17,20,23-24,31-32,34-42,44-45,47-51H2,1-6H3,(H-,56,58,60,61)/p+1/b13-10-,19-16+,21-18-,25-22+,27-26-,29-28+,33-30+,46-43-. The highest BCUT2D eigenvalue weighted by molar-refractivity contribution is 7.47. The van der Waals surface area contributed by atoms with Gasteiger partial charge in [0.2, 0.25) is 5.91 Å². The average molecular weight is 928 g/mol. The highest BCUT2D eigenvalue weighted by Crippen LogP contribution is 2.43. The molecule has 372 valence electrons. The Morgan fingerprint density at radius 1 is 0.554 bits per heavy atom. The minimum atomic E-state index is -4.46. The quantitative estimate of drug-likeness (QED) is 0.0156. The van der Waals surface area contributed by atoms with Crippen molar-refractivity contribution in [2.24, 2.45) is 0 Å². The van der Waals surface area contributed by atoms with Crippen molar-refractivity contribution >= 4 is 19.7 Å². The van der Waals surface area contributed by atoms with Gasteiger partial charge in [-0.2, -0.15) is 0 Å². The fourth-order valence-corrected chi connectivity index (χ4v) is 7.39. The fraction of sp³-hybridized carbons (Fsp3) is 0.673. The largest absolute Gasteiger partial charge is 0.472 e. The van der Waals surface area contributed by atoms with Gasteiger partial charge in [0.1, 0.15) is 19.3 Å². The molecule has 0 bridgehead atoms. The summed E-state index contributed by atoms with van der Waals surface area (Å²) in [5.41, 5.74) is 0. The number of phosphoric ester groups is 1. The number of nitrogens with one attached hydrogen (secondary N) is 1. The number of rotatable bonds is 44. The second-order valence-electron chi connectivity index (χ2n) is 18.1. The van der Waals surface area contributed by atoms with E-state index >= 15 is 0 Å². The summed E-state index contributed by atoms with van der Waals surface area (Å²) in [5.74, 6) is -0.579. The molecule has 0 rings (SSSR count). The highest BCUT2D eigenvalue weighted by atomic mass is 31.2. The maximum absolute atomic E-state index is 13.4. The topological polar surface area (TPSA) is 111 Å². The Morgan fingerprint density at radius 2 is 1.02 bits per heavy atom. The van der Waals surface area contributed by atoms with Crippen LogP contribution in [0.25, 0.3) is 0 Å². The molecule has 0 aliphatic rings. The number of unbranched alkanes of at least 4 members (excludes halogenated alkanes) is 19. The van der Waals surface area contributed by atoms with E-state index in [0.717, 1.165) is 89.9 Å². The molecular formula is C55H96N2O7P+. The highest BCUT2D eigenvalue weighted by Gasteiger charge is 2.30. The van der Waals surface area contributed by atoms with Gasteiger partial charge in [0, 0.05) is 12.8 Å². The van der Waals surface area contributed by atoms with Crippen molar-refractivity contribution in [3.05, 3.63) is 97.2 Å². The molecule has 2 N–H and O–H groups in total. The second-order valence-corrected chi connectivity index (χ2v) is 19.6. The summed E-state index contributed by atoms with van der Waals surface area (Å²) in [5, 5.41) is 3.00. The number of amides is 1. The molecule has 0 aromatic rings. The lowest BCUT2D eigenvalue weighted by Crippen LogP contribution is -2.47. The minimum Gasteiger partial charge on any atom is -0.456 e. The zero-order chi connectivity index (χ0) is 48.0. The van der Waals surface area contributed by atoms with E-state index in [1.54, 1.807) is 0 Å².